The number of aromatic nitrogens is 2. The summed E-state index contributed by atoms with van der Waals surface area (Å²) in [6.07, 6.45) is 3.26. The molecule has 3 rings (SSSR count). The average Bonchev–Trinajstić information content (AvgIpc) is 3.16. The quantitative estimate of drug-likeness (QED) is 0.868. The standard InChI is InChI=1S/C14H18N4O3S/c1-8-3-6-11(18-22(2,19)20)10(7-8)14-16-13(17-21-14)12(15)9-4-5-9/h3,6-7,9,12,18H,4-5,15H2,1-2H3. The average molecular weight is 322 g/mol. The molecule has 7 nitrogen and oxygen atoms in total. The number of hydrogen-bond acceptors (Lipinski definition) is 6. The zero-order valence-corrected chi connectivity index (χ0v) is 13.2. The maximum Gasteiger partial charge on any atom is 0.260 e. The van der Waals surface area contributed by atoms with Gasteiger partial charge in [-0.1, -0.05) is 16.8 Å². The summed E-state index contributed by atoms with van der Waals surface area (Å²) in [5.41, 5.74) is 7.98. The SMILES string of the molecule is Cc1ccc(NS(C)(=O)=O)c(-c2nc(C(N)C3CC3)no2)c1. The highest BCUT2D eigenvalue weighted by Crippen LogP contribution is 2.39. The van der Waals surface area contributed by atoms with Gasteiger partial charge in [0.05, 0.1) is 23.5 Å². The molecule has 1 fully saturated rings. The van der Waals surface area contributed by atoms with Crippen molar-refractivity contribution < 1.29 is 12.9 Å². The molecule has 2 aromatic rings. The van der Waals surface area contributed by atoms with Gasteiger partial charge in [0.1, 0.15) is 0 Å². The fraction of sp³-hybridized carbons (Fsp3) is 0.429. The Kier molecular flexibility index (Phi) is 3.65. The van der Waals surface area contributed by atoms with Gasteiger partial charge in [0.2, 0.25) is 10.0 Å². The molecule has 0 bridgehead atoms. The first-order valence-electron chi connectivity index (χ1n) is 7.01. The Balaban J connectivity index is 1.98. The van der Waals surface area contributed by atoms with Crippen molar-refractivity contribution in [1.82, 2.24) is 10.1 Å². The van der Waals surface area contributed by atoms with Gasteiger partial charge >= 0.3 is 0 Å². The summed E-state index contributed by atoms with van der Waals surface area (Å²) in [4.78, 5) is 4.34. The summed E-state index contributed by atoms with van der Waals surface area (Å²) >= 11 is 0. The number of aryl methyl sites for hydroxylation is 1. The first kappa shape index (κ1) is 15.0. The van der Waals surface area contributed by atoms with Crippen LogP contribution < -0.4 is 10.5 Å². The van der Waals surface area contributed by atoms with E-state index in [1.165, 1.54) is 0 Å². The molecule has 0 amide bonds. The summed E-state index contributed by atoms with van der Waals surface area (Å²) in [5, 5.41) is 3.93. The molecular formula is C14H18N4O3S. The molecule has 1 aromatic carbocycles. The fourth-order valence-electron chi connectivity index (χ4n) is 2.27. The Labute approximate surface area is 129 Å². The highest BCUT2D eigenvalue weighted by atomic mass is 32.2. The van der Waals surface area contributed by atoms with Crippen LogP contribution in [-0.4, -0.2) is 24.8 Å². The Morgan fingerprint density at radius 3 is 2.77 bits per heavy atom. The van der Waals surface area contributed by atoms with E-state index in [1.54, 1.807) is 12.1 Å². The minimum Gasteiger partial charge on any atom is -0.334 e. The number of anilines is 1. The van der Waals surface area contributed by atoms with Crippen molar-refractivity contribution in [3.63, 3.8) is 0 Å². The molecule has 0 radical (unpaired) electrons. The van der Waals surface area contributed by atoms with E-state index in [1.807, 2.05) is 13.0 Å². The third-order valence-electron chi connectivity index (χ3n) is 3.57. The number of nitrogens with zero attached hydrogens (tertiary/aromatic N) is 2. The molecule has 1 aromatic heterocycles. The molecule has 1 unspecified atom stereocenters. The van der Waals surface area contributed by atoms with E-state index in [9.17, 15) is 8.42 Å². The van der Waals surface area contributed by atoms with Gasteiger partial charge in [0, 0.05) is 0 Å². The van der Waals surface area contributed by atoms with Crippen LogP contribution in [0.1, 0.15) is 30.3 Å². The Hall–Kier alpha value is -1.93. The lowest BCUT2D eigenvalue weighted by Crippen LogP contribution is -2.14. The second-order valence-corrected chi connectivity index (χ2v) is 7.49. The van der Waals surface area contributed by atoms with Gasteiger partial charge < -0.3 is 10.3 Å². The zero-order chi connectivity index (χ0) is 15.9. The summed E-state index contributed by atoms with van der Waals surface area (Å²) in [7, 11) is -3.40. The highest BCUT2D eigenvalue weighted by molar-refractivity contribution is 7.92. The lowest BCUT2D eigenvalue weighted by atomic mass is 10.1. The van der Waals surface area contributed by atoms with Crippen LogP contribution >= 0.6 is 0 Å². The van der Waals surface area contributed by atoms with Crippen molar-refractivity contribution in [3.05, 3.63) is 29.6 Å². The Morgan fingerprint density at radius 1 is 1.41 bits per heavy atom. The summed E-state index contributed by atoms with van der Waals surface area (Å²) in [6, 6.07) is 5.06. The predicted octanol–water partition coefficient (Wildman–Crippen LogP) is 1.83. The van der Waals surface area contributed by atoms with Crippen LogP contribution in [-0.2, 0) is 10.0 Å². The van der Waals surface area contributed by atoms with E-state index >= 15 is 0 Å². The van der Waals surface area contributed by atoms with Crippen LogP contribution in [0.4, 0.5) is 5.69 Å². The third kappa shape index (κ3) is 3.28. The number of benzene rings is 1. The van der Waals surface area contributed by atoms with E-state index < -0.39 is 10.0 Å². The molecule has 0 spiro atoms. The molecule has 0 saturated heterocycles. The number of hydrogen-bond donors (Lipinski definition) is 2. The molecule has 1 heterocycles. The molecule has 1 atom stereocenters. The molecule has 8 heteroatoms. The van der Waals surface area contributed by atoms with Crippen LogP contribution in [0.2, 0.25) is 0 Å². The van der Waals surface area contributed by atoms with Gasteiger partial charge in [-0.2, -0.15) is 4.98 Å². The number of nitrogens with one attached hydrogen (secondary N) is 1. The molecule has 1 aliphatic carbocycles. The van der Waals surface area contributed by atoms with Gasteiger partial charge in [-0.25, -0.2) is 8.42 Å². The highest BCUT2D eigenvalue weighted by Gasteiger charge is 2.33. The van der Waals surface area contributed by atoms with E-state index in [4.69, 9.17) is 10.3 Å². The lowest BCUT2D eigenvalue weighted by molar-refractivity contribution is 0.411. The maximum absolute atomic E-state index is 11.5. The monoisotopic (exact) mass is 322 g/mol. The normalized spacial score (nSPS) is 16.5. The molecule has 22 heavy (non-hydrogen) atoms. The van der Waals surface area contributed by atoms with Crippen molar-refractivity contribution in [2.45, 2.75) is 25.8 Å². The minimum atomic E-state index is -3.40. The molecular weight excluding hydrogens is 304 g/mol. The minimum absolute atomic E-state index is 0.228. The number of rotatable bonds is 5. The van der Waals surface area contributed by atoms with Crippen molar-refractivity contribution in [3.8, 4) is 11.5 Å². The second-order valence-electron chi connectivity index (χ2n) is 5.74. The Bertz CT molecular complexity index is 796. The van der Waals surface area contributed by atoms with Crippen molar-refractivity contribution >= 4 is 15.7 Å². The summed E-state index contributed by atoms with van der Waals surface area (Å²) in [5.74, 6) is 1.14. The van der Waals surface area contributed by atoms with Crippen LogP contribution in [0.25, 0.3) is 11.5 Å². The predicted molar refractivity (Wildman–Crippen MR) is 82.6 cm³/mol. The molecule has 3 N–H and O–H groups in total. The summed E-state index contributed by atoms with van der Waals surface area (Å²) < 4.78 is 30.7. The largest absolute Gasteiger partial charge is 0.334 e. The summed E-state index contributed by atoms with van der Waals surface area (Å²) in [6.45, 7) is 1.90. The van der Waals surface area contributed by atoms with Gasteiger partial charge in [-0.05, 0) is 37.8 Å². The molecule has 1 saturated carbocycles. The first-order valence-corrected chi connectivity index (χ1v) is 8.90. The zero-order valence-electron chi connectivity index (χ0n) is 12.4. The van der Waals surface area contributed by atoms with Gasteiger partial charge in [0.25, 0.3) is 5.89 Å². The van der Waals surface area contributed by atoms with Crippen LogP contribution in [0.3, 0.4) is 0 Å². The van der Waals surface area contributed by atoms with Crippen molar-refractivity contribution in [2.75, 3.05) is 11.0 Å². The third-order valence-corrected chi connectivity index (χ3v) is 4.16. The topological polar surface area (TPSA) is 111 Å². The first-order chi connectivity index (χ1) is 10.3. The van der Waals surface area contributed by atoms with Crippen LogP contribution in [0, 0.1) is 12.8 Å². The fourth-order valence-corrected chi connectivity index (χ4v) is 2.85. The smallest absolute Gasteiger partial charge is 0.260 e. The van der Waals surface area contributed by atoms with E-state index in [2.05, 4.69) is 14.9 Å². The van der Waals surface area contributed by atoms with Crippen molar-refractivity contribution in [1.29, 1.82) is 0 Å². The van der Waals surface area contributed by atoms with Gasteiger partial charge in [-0.15, -0.1) is 0 Å². The Morgan fingerprint density at radius 2 is 2.14 bits per heavy atom. The second kappa shape index (κ2) is 5.36. The van der Waals surface area contributed by atoms with Gasteiger partial charge in [-0.3, -0.25) is 4.72 Å². The maximum atomic E-state index is 11.5. The number of sulfonamides is 1. The van der Waals surface area contributed by atoms with E-state index in [0.717, 1.165) is 24.7 Å². The van der Waals surface area contributed by atoms with Crippen molar-refractivity contribution in [2.24, 2.45) is 11.7 Å². The van der Waals surface area contributed by atoms with Gasteiger partial charge in [0.15, 0.2) is 5.82 Å². The van der Waals surface area contributed by atoms with E-state index in [-0.39, 0.29) is 11.9 Å². The molecule has 1 aliphatic rings. The van der Waals surface area contributed by atoms with Crippen LogP contribution in [0.5, 0.6) is 0 Å². The molecule has 118 valence electrons. The van der Waals surface area contributed by atoms with Crippen LogP contribution in [0.15, 0.2) is 22.7 Å². The lowest BCUT2D eigenvalue weighted by Gasteiger charge is -2.08. The number of nitrogens with two attached hydrogens (primary N) is 1. The van der Waals surface area contributed by atoms with E-state index in [0.29, 0.717) is 23.0 Å². The molecule has 0 aliphatic heterocycles.